The largest absolute Gasteiger partial charge is 0.329 e. The zero-order valence-corrected chi connectivity index (χ0v) is 11.8. The van der Waals surface area contributed by atoms with Crippen molar-refractivity contribution in [3.63, 3.8) is 0 Å². The summed E-state index contributed by atoms with van der Waals surface area (Å²) in [6.07, 6.45) is 2.23. The molecule has 1 heterocycles. The van der Waals surface area contributed by atoms with Gasteiger partial charge < -0.3 is 11.1 Å². The Morgan fingerprint density at radius 2 is 2.17 bits per heavy atom. The number of benzene rings is 1. The topological polar surface area (TPSA) is 58.4 Å². The Labute approximate surface area is 116 Å². The zero-order chi connectivity index (χ0) is 13.0. The van der Waals surface area contributed by atoms with Crippen molar-refractivity contribution in [3.8, 4) is 0 Å². The lowest BCUT2D eigenvalue weighted by molar-refractivity contribution is -0.117. The maximum absolute atomic E-state index is 11.9. The second-order valence-electron chi connectivity index (χ2n) is 4.56. The maximum Gasteiger partial charge on any atom is 0.238 e. The molecule has 0 aliphatic carbocycles. The fraction of sp³-hybridized carbons (Fsp3) is 0.462. The van der Waals surface area contributed by atoms with E-state index in [1.165, 1.54) is 0 Å². The van der Waals surface area contributed by atoms with E-state index in [0.717, 1.165) is 29.5 Å². The number of amides is 1. The fourth-order valence-corrected chi connectivity index (χ4v) is 2.55. The van der Waals surface area contributed by atoms with E-state index < -0.39 is 0 Å². The molecule has 18 heavy (non-hydrogen) atoms. The van der Waals surface area contributed by atoms with E-state index in [1.54, 1.807) is 0 Å². The summed E-state index contributed by atoms with van der Waals surface area (Å²) in [5.74, 6) is 0.0256. The van der Waals surface area contributed by atoms with Gasteiger partial charge in [0.05, 0.1) is 6.54 Å². The second-order valence-corrected chi connectivity index (χ2v) is 5.47. The Morgan fingerprint density at radius 3 is 2.83 bits per heavy atom. The summed E-state index contributed by atoms with van der Waals surface area (Å²) in [5.41, 5.74) is 6.52. The van der Waals surface area contributed by atoms with Crippen LogP contribution in [0.4, 0.5) is 5.69 Å². The average Bonchev–Trinajstić information content (AvgIpc) is 2.79. The standard InChI is InChI=1S/C13H18BrN3O/c14-10-3-5-11(6-4-10)16-13(18)9-17-7-1-2-12(17)8-15/h3-6,12H,1-2,7-9,15H2,(H,16,18). The molecule has 1 atom stereocenters. The molecule has 1 aliphatic heterocycles. The summed E-state index contributed by atoms with van der Waals surface area (Å²) >= 11 is 3.36. The summed E-state index contributed by atoms with van der Waals surface area (Å²) in [5, 5.41) is 2.90. The quantitative estimate of drug-likeness (QED) is 0.891. The molecule has 3 N–H and O–H groups in total. The summed E-state index contributed by atoms with van der Waals surface area (Å²) in [7, 11) is 0. The Morgan fingerprint density at radius 1 is 1.44 bits per heavy atom. The number of nitrogens with one attached hydrogen (secondary N) is 1. The van der Waals surface area contributed by atoms with Crippen LogP contribution in [0.1, 0.15) is 12.8 Å². The third-order valence-corrected chi connectivity index (χ3v) is 3.77. The van der Waals surface area contributed by atoms with Gasteiger partial charge in [-0.1, -0.05) is 15.9 Å². The lowest BCUT2D eigenvalue weighted by atomic mass is 10.2. The predicted molar refractivity (Wildman–Crippen MR) is 76.4 cm³/mol. The number of rotatable bonds is 4. The molecule has 0 aromatic heterocycles. The summed E-state index contributed by atoms with van der Waals surface area (Å²) in [6.45, 7) is 2.03. The first-order chi connectivity index (χ1) is 8.69. The molecule has 1 amide bonds. The molecular formula is C13H18BrN3O. The van der Waals surface area contributed by atoms with Crippen LogP contribution in [-0.4, -0.2) is 36.5 Å². The molecule has 0 spiro atoms. The number of likely N-dealkylation sites (tertiary alicyclic amines) is 1. The molecular weight excluding hydrogens is 294 g/mol. The average molecular weight is 312 g/mol. The van der Waals surface area contributed by atoms with E-state index in [1.807, 2.05) is 24.3 Å². The number of anilines is 1. The SMILES string of the molecule is NCC1CCCN1CC(=O)Nc1ccc(Br)cc1. The molecule has 1 aromatic rings. The first-order valence-electron chi connectivity index (χ1n) is 6.18. The van der Waals surface area contributed by atoms with E-state index in [2.05, 4.69) is 26.1 Å². The molecule has 4 nitrogen and oxygen atoms in total. The van der Waals surface area contributed by atoms with Gasteiger partial charge in [0.1, 0.15) is 0 Å². The van der Waals surface area contributed by atoms with Crippen molar-refractivity contribution in [1.82, 2.24) is 4.90 Å². The molecule has 1 fully saturated rings. The highest BCUT2D eigenvalue weighted by Crippen LogP contribution is 2.17. The smallest absolute Gasteiger partial charge is 0.238 e. The van der Waals surface area contributed by atoms with Gasteiger partial charge in [-0.15, -0.1) is 0 Å². The molecule has 98 valence electrons. The number of hydrogen-bond donors (Lipinski definition) is 2. The fourth-order valence-electron chi connectivity index (χ4n) is 2.29. The van der Waals surface area contributed by atoms with E-state index in [-0.39, 0.29) is 5.91 Å². The van der Waals surface area contributed by atoms with Crippen molar-refractivity contribution in [2.75, 3.05) is 25.0 Å². The van der Waals surface area contributed by atoms with E-state index in [9.17, 15) is 4.79 Å². The highest BCUT2D eigenvalue weighted by atomic mass is 79.9. The van der Waals surface area contributed by atoms with Gasteiger partial charge in [-0.2, -0.15) is 0 Å². The first kappa shape index (κ1) is 13.5. The highest BCUT2D eigenvalue weighted by molar-refractivity contribution is 9.10. The van der Waals surface area contributed by atoms with Gasteiger partial charge in [0.2, 0.25) is 5.91 Å². The summed E-state index contributed by atoms with van der Waals surface area (Å²) in [4.78, 5) is 14.1. The number of carbonyl (C=O) groups excluding carboxylic acids is 1. The molecule has 1 saturated heterocycles. The lowest BCUT2D eigenvalue weighted by Gasteiger charge is -2.22. The van der Waals surface area contributed by atoms with Crippen molar-refractivity contribution in [1.29, 1.82) is 0 Å². The van der Waals surface area contributed by atoms with Gasteiger partial charge in [0.15, 0.2) is 0 Å². The van der Waals surface area contributed by atoms with Gasteiger partial charge in [-0.05, 0) is 43.7 Å². The van der Waals surface area contributed by atoms with Crippen LogP contribution in [0.3, 0.4) is 0 Å². The van der Waals surface area contributed by atoms with Gasteiger partial charge in [0, 0.05) is 22.7 Å². The molecule has 1 aromatic carbocycles. The number of nitrogens with two attached hydrogens (primary N) is 1. The highest BCUT2D eigenvalue weighted by Gasteiger charge is 2.24. The predicted octanol–water partition coefficient (Wildman–Crippen LogP) is 1.81. The molecule has 5 heteroatoms. The lowest BCUT2D eigenvalue weighted by Crippen LogP contribution is -2.40. The minimum absolute atomic E-state index is 0.0256. The van der Waals surface area contributed by atoms with Crippen LogP contribution in [-0.2, 0) is 4.79 Å². The first-order valence-corrected chi connectivity index (χ1v) is 6.98. The molecule has 1 aliphatic rings. The van der Waals surface area contributed by atoms with Crippen LogP contribution in [0.5, 0.6) is 0 Å². The van der Waals surface area contributed by atoms with E-state index in [0.29, 0.717) is 19.1 Å². The van der Waals surface area contributed by atoms with Gasteiger partial charge in [-0.25, -0.2) is 0 Å². The molecule has 0 bridgehead atoms. The molecule has 1 unspecified atom stereocenters. The van der Waals surface area contributed by atoms with E-state index >= 15 is 0 Å². The third-order valence-electron chi connectivity index (χ3n) is 3.25. The van der Waals surface area contributed by atoms with Gasteiger partial charge >= 0.3 is 0 Å². The number of halogens is 1. The van der Waals surface area contributed by atoms with Crippen LogP contribution in [0, 0.1) is 0 Å². The number of carbonyl (C=O) groups is 1. The summed E-state index contributed by atoms with van der Waals surface area (Å²) in [6, 6.07) is 7.95. The minimum atomic E-state index is 0.0256. The third kappa shape index (κ3) is 3.54. The van der Waals surface area contributed by atoms with Crippen LogP contribution in [0.2, 0.25) is 0 Å². The monoisotopic (exact) mass is 311 g/mol. The zero-order valence-electron chi connectivity index (χ0n) is 10.2. The Hall–Kier alpha value is -0.910. The van der Waals surface area contributed by atoms with Crippen LogP contribution in [0.25, 0.3) is 0 Å². The van der Waals surface area contributed by atoms with Crippen LogP contribution < -0.4 is 11.1 Å². The summed E-state index contributed by atoms with van der Waals surface area (Å²) < 4.78 is 1.00. The maximum atomic E-state index is 11.9. The number of hydrogen-bond acceptors (Lipinski definition) is 3. The van der Waals surface area contributed by atoms with Gasteiger partial charge in [-0.3, -0.25) is 9.69 Å². The molecule has 0 saturated carbocycles. The van der Waals surface area contributed by atoms with Crippen molar-refractivity contribution < 1.29 is 4.79 Å². The van der Waals surface area contributed by atoms with Crippen LogP contribution >= 0.6 is 15.9 Å². The Bertz CT molecular complexity index is 407. The normalized spacial score (nSPS) is 20.0. The Kier molecular flexibility index (Phi) is 4.74. The molecule has 0 radical (unpaired) electrons. The van der Waals surface area contributed by atoms with Gasteiger partial charge in [0.25, 0.3) is 0 Å². The molecule has 2 rings (SSSR count). The number of nitrogens with zero attached hydrogens (tertiary/aromatic N) is 1. The van der Waals surface area contributed by atoms with Crippen LogP contribution in [0.15, 0.2) is 28.7 Å². The van der Waals surface area contributed by atoms with Crippen molar-refractivity contribution >= 4 is 27.5 Å². The van der Waals surface area contributed by atoms with E-state index in [4.69, 9.17) is 5.73 Å². The van der Waals surface area contributed by atoms with Crippen molar-refractivity contribution in [2.45, 2.75) is 18.9 Å². The Balaban J connectivity index is 1.86. The van der Waals surface area contributed by atoms with Crippen molar-refractivity contribution in [2.24, 2.45) is 5.73 Å². The minimum Gasteiger partial charge on any atom is -0.329 e. The van der Waals surface area contributed by atoms with Crippen molar-refractivity contribution in [3.05, 3.63) is 28.7 Å². The second kappa shape index (κ2) is 6.31.